The van der Waals surface area contributed by atoms with E-state index in [9.17, 15) is 4.79 Å². The standard InChI is InChI=1S/C13H16N2O3/c1-3-18-13(16)6-9-5-12(17-2)11(8-15)4-10(9)7-14/h4-5H,3,6-7,14H2,1-2H3. The zero-order valence-corrected chi connectivity index (χ0v) is 10.5. The molecule has 0 unspecified atom stereocenters. The number of rotatable bonds is 5. The highest BCUT2D eigenvalue weighted by atomic mass is 16.5. The van der Waals surface area contributed by atoms with E-state index in [0.717, 1.165) is 11.1 Å². The van der Waals surface area contributed by atoms with Crippen LogP contribution in [0.1, 0.15) is 23.6 Å². The zero-order chi connectivity index (χ0) is 13.5. The Labute approximate surface area is 106 Å². The summed E-state index contributed by atoms with van der Waals surface area (Å²) in [5.74, 6) is 0.118. The van der Waals surface area contributed by atoms with Crippen molar-refractivity contribution in [2.24, 2.45) is 5.73 Å². The molecule has 1 rings (SSSR count). The van der Waals surface area contributed by atoms with Gasteiger partial charge in [-0.15, -0.1) is 0 Å². The molecule has 2 N–H and O–H groups in total. The first kappa shape index (κ1) is 14.0. The first-order valence-corrected chi connectivity index (χ1v) is 5.61. The molecule has 0 saturated carbocycles. The van der Waals surface area contributed by atoms with Crippen molar-refractivity contribution in [3.63, 3.8) is 0 Å². The topological polar surface area (TPSA) is 85.3 Å². The second-order valence-corrected chi connectivity index (χ2v) is 3.62. The van der Waals surface area contributed by atoms with Gasteiger partial charge in [-0.25, -0.2) is 0 Å². The zero-order valence-electron chi connectivity index (χ0n) is 10.5. The molecule has 1 aromatic rings. The number of nitrogens with two attached hydrogens (primary N) is 1. The van der Waals surface area contributed by atoms with Gasteiger partial charge in [-0.05, 0) is 30.2 Å². The molecule has 0 aliphatic rings. The van der Waals surface area contributed by atoms with Crippen LogP contribution in [0.3, 0.4) is 0 Å². The third kappa shape index (κ3) is 3.22. The molecule has 0 aromatic heterocycles. The van der Waals surface area contributed by atoms with E-state index in [2.05, 4.69) is 0 Å². The van der Waals surface area contributed by atoms with Gasteiger partial charge in [0.1, 0.15) is 11.8 Å². The Hall–Kier alpha value is -2.06. The number of nitriles is 1. The van der Waals surface area contributed by atoms with Crippen molar-refractivity contribution in [3.8, 4) is 11.8 Å². The summed E-state index contributed by atoms with van der Waals surface area (Å²) in [5.41, 5.74) is 7.50. The third-order valence-corrected chi connectivity index (χ3v) is 2.50. The molecule has 96 valence electrons. The largest absolute Gasteiger partial charge is 0.495 e. The van der Waals surface area contributed by atoms with Gasteiger partial charge in [0.05, 0.1) is 25.7 Å². The molecule has 1 aromatic carbocycles. The minimum atomic E-state index is -0.320. The van der Waals surface area contributed by atoms with E-state index in [1.165, 1.54) is 7.11 Å². The third-order valence-electron chi connectivity index (χ3n) is 2.50. The second kappa shape index (κ2) is 6.62. The molecular weight excluding hydrogens is 232 g/mol. The normalized spacial score (nSPS) is 9.67. The maximum absolute atomic E-state index is 11.5. The minimum Gasteiger partial charge on any atom is -0.495 e. The number of carbonyl (C=O) groups is 1. The van der Waals surface area contributed by atoms with Crippen molar-refractivity contribution in [2.45, 2.75) is 19.9 Å². The molecular formula is C13H16N2O3. The Morgan fingerprint density at radius 1 is 1.44 bits per heavy atom. The summed E-state index contributed by atoms with van der Waals surface area (Å²) in [6, 6.07) is 5.34. The fourth-order valence-corrected chi connectivity index (χ4v) is 1.65. The van der Waals surface area contributed by atoms with E-state index in [1.54, 1.807) is 19.1 Å². The van der Waals surface area contributed by atoms with Crippen LogP contribution in [0.25, 0.3) is 0 Å². The second-order valence-electron chi connectivity index (χ2n) is 3.62. The highest BCUT2D eigenvalue weighted by Crippen LogP contribution is 2.23. The first-order chi connectivity index (χ1) is 8.65. The van der Waals surface area contributed by atoms with Crippen molar-refractivity contribution < 1.29 is 14.3 Å². The summed E-state index contributed by atoms with van der Waals surface area (Å²) in [6.45, 7) is 2.35. The molecule has 0 aliphatic carbocycles. The van der Waals surface area contributed by atoms with Gasteiger partial charge in [-0.3, -0.25) is 4.79 Å². The SMILES string of the molecule is CCOC(=O)Cc1cc(OC)c(C#N)cc1CN. The number of hydrogen-bond acceptors (Lipinski definition) is 5. The number of methoxy groups -OCH3 is 1. The molecule has 18 heavy (non-hydrogen) atoms. The Balaban J connectivity index is 3.10. The maximum Gasteiger partial charge on any atom is 0.310 e. The van der Waals surface area contributed by atoms with Gasteiger partial charge in [0.15, 0.2) is 0 Å². The summed E-state index contributed by atoms with van der Waals surface area (Å²) in [4.78, 5) is 11.5. The van der Waals surface area contributed by atoms with Crippen molar-refractivity contribution in [2.75, 3.05) is 13.7 Å². The predicted octanol–water partition coefficient (Wildman–Crippen LogP) is 1.13. The van der Waals surface area contributed by atoms with Crippen molar-refractivity contribution in [1.82, 2.24) is 0 Å². The Bertz CT molecular complexity index is 478. The lowest BCUT2D eigenvalue weighted by Gasteiger charge is -2.11. The monoisotopic (exact) mass is 248 g/mol. The fraction of sp³-hybridized carbons (Fsp3) is 0.385. The van der Waals surface area contributed by atoms with Crippen molar-refractivity contribution >= 4 is 5.97 Å². The van der Waals surface area contributed by atoms with Crippen LogP contribution in [0.15, 0.2) is 12.1 Å². The van der Waals surface area contributed by atoms with E-state index in [4.69, 9.17) is 20.5 Å². The predicted molar refractivity (Wildman–Crippen MR) is 65.9 cm³/mol. The molecule has 0 saturated heterocycles. The molecule has 5 nitrogen and oxygen atoms in total. The van der Waals surface area contributed by atoms with Crippen LogP contribution in [0.2, 0.25) is 0 Å². The van der Waals surface area contributed by atoms with Crippen LogP contribution in [0.5, 0.6) is 5.75 Å². The van der Waals surface area contributed by atoms with Crippen LogP contribution in [-0.2, 0) is 22.5 Å². The summed E-state index contributed by atoms with van der Waals surface area (Å²) in [5, 5.41) is 8.96. The van der Waals surface area contributed by atoms with Gasteiger partial charge >= 0.3 is 5.97 Å². The molecule has 0 heterocycles. The number of hydrogen-bond donors (Lipinski definition) is 1. The van der Waals surface area contributed by atoms with Crippen LogP contribution in [0, 0.1) is 11.3 Å². The molecule has 0 atom stereocenters. The maximum atomic E-state index is 11.5. The van der Waals surface area contributed by atoms with Crippen LogP contribution in [-0.4, -0.2) is 19.7 Å². The number of benzene rings is 1. The lowest BCUT2D eigenvalue weighted by molar-refractivity contribution is -0.142. The molecule has 0 fully saturated rings. The molecule has 5 heteroatoms. The average Bonchev–Trinajstić information content (AvgIpc) is 2.38. The minimum absolute atomic E-state index is 0.127. The molecule has 0 spiro atoms. The van der Waals surface area contributed by atoms with Crippen LogP contribution >= 0.6 is 0 Å². The molecule has 0 amide bonds. The van der Waals surface area contributed by atoms with Gasteiger partial charge in [-0.2, -0.15) is 5.26 Å². The van der Waals surface area contributed by atoms with Crippen LogP contribution < -0.4 is 10.5 Å². The summed E-state index contributed by atoms with van der Waals surface area (Å²) in [7, 11) is 1.48. The Morgan fingerprint density at radius 2 is 2.17 bits per heavy atom. The quantitative estimate of drug-likeness (QED) is 0.789. The highest BCUT2D eigenvalue weighted by molar-refractivity contribution is 5.73. The van der Waals surface area contributed by atoms with E-state index in [-0.39, 0.29) is 18.9 Å². The lowest BCUT2D eigenvalue weighted by Crippen LogP contribution is -2.11. The summed E-state index contributed by atoms with van der Waals surface area (Å²) in [6.07, 6.45) is 0.127. The number of esters is 1. The Kier molecular flexibility index (Phi) is 5.15. The van der Waals surface area contributed by atoms with E-state index < -0.39 is 0 Å². The number of nitrogens with zero attached hydrogens (tertiary/aromatic N) is 1. The molecule has 0 aliphatic heterocycles. The first-order valence-electron chi connectivity index (χ1n) is 5.61. The van der Waals surface area contributed by atoms with Gasteiger partial charge < -0.3 is 15.2 Å². The Morgan fingerprint density at radius 3 is 2.67 bits per heavy atom. The van der Waals surface area contributed by atoms with Gasteiger partial charge in [0.2, 0.25) is 0 Å². The van der Waals surface area contributed by atoms with Gasteiger partial charge in [-0.1, -0.05) is 0 Å². The van der Waals surface area contributed by atoms with E-state index in [0.29, 0.717) is 17.9 Å². The highest BCUT2D eigenvalue weighted by Gasteiger charge is 2.13. The van der Waals surface area contributed by atoms with Gasteiger partial charge in [0, 0.05) is 6.54 Å². The summed E-state index contributed by atoms with van der Waals surface area (Å²) < 4.78 is 9.99. The number of carbonyl (C=O) groups excluding carboxylic acids is 1. The van der Waals surface area contributed by atoms with Crippen molar-refractivity contribution in [3.05, 3.63) is 28.8 Å². The van der Waals surface area contributed by atoms with E-state index >= 15 is 0 Å². The molecule has 0 radical (unpaired) electrons. The smallest absolute Gasteiger partial charge is 0.310 e. The summed E-state index contributed by atoms with van der Waals surface area (Å²) >= 11 is 0. The van der Waals surface area contributed by atoms with E-state index in [1.807, 2.05) is 6.07 Å². The van der Waals surface area contributed by atoms with Gasteiger partial charge in [0.25, 0.3) is 0 Å². The lowest BCUT2D eigenvalue weighted by atomic mass is 10.0. The molecule has 0 bridgehead atoms. The van der Waals surface area contributed by atoms with Crippen LogP contribution in [0.4, 0.5) is 0 Å². The fourth-order valence-electron chi connectivity index (χ4n) is 1.65. The van der Waals surface area contributed by atoms with Crippen molar-refractivity contribution in [1.29, 1.82) is 5.26 Å². The number of ether oxygens (including phenoxy) is 2. The average molecular weight is 248 g/mol.